The van der Waals surface area contributed by atoms with Gasteiger partial charge in [0, 0.05) is 24.5 Å². The molecule has 1 heterocycles. The molecule has 4 nitrogen and oxygen atoms in total. The van der Waals surface area contributed by atoms with Gasteiger partial charge in [-0.05, 0) is 42.5 Å². The summed E-state index contributed by atoms with van der Waals surface area (Å²) >= 11 is 0. The summed E-state index contributed by atoms with van der Waals surface area (Å²) in [5, 5.41) is 2.96. The zero-order valence-electron chi connectivity index (χ0n) is 11.9. The van der Waals surface area contributed by atoms with Crippen molar-refractivity contribution in [2.45, 2.75) is 20.8 Å². The third-order valence-electron chi connectivity index (χ3n) is 3.96. The van der Waals surface area contributed by atoms with E-state index >= 15 is 0 Å². The van der Waals surface area contributed by atoms with Crippen LogP contribution in [0.1, 0.15) is 19.4 Å². The van der Waals surface area contributed by atoms with E-state index < -0.39 is 0 Å². The molecule has 2 rings (SSSR count). The van der Waals surface area contributed by atoms with E-state index in [1.807, 2.05) is 25.1 Å². The van der Waals surface area contributed by atoms with Crippen molar-refractivity contribution in [1.29, 1.82) is 0 Å². The van der Waals surface area contributed by atoms with Gasteiger partial charge in [0.05, 0.1) is 6.54 Å². The van der Waals surface area contributed by atoms with E-state index in [0.29, 0.717) is 18.4 Å². The summed E-state index contributed by atoms with van der Waals surface area (Å²) in [5.74, 6) is 1.39. The zero-order chi connectivity index (χ0) is 14.0. The summed E-state index contributed by atoms with van der Waals surface area (Å²) in [6.45, 7) is 8.93. The predicted octanol–water partition coefficient (Wildman–Crippen LogP) is 2.10. The van der Waals surface area contributed by atoms with E-state index in [-0.39, 0.29) is 5.91 Å². The first-order chi connectivity index (χ1) is 8.95. The van der Waals surface area contributed by atoms with Crippen molar-refractivity contribution in [2.75, 3.05) is 30.7 Å². The van der Waals surface area contributed by atoms with Crippen molar-refractivity contribution in [3.05, 3.63) is 23.8 Å². The lowest BCUT2D eigenvalue weighted by atomic mass is 10.0. The maximum atomic E-state index is 12.0. The van der Waals surface area contributed by atoms with E-state index in [2.05, 4.69) is 24.1 Å². The average Bonchev–Trinajstić information content (AvgIpc) is 2.62. The molecule has 2 unspecified atom stereocenters. The fourth-order valence-corrected chi connectivity index (χ4v) is 2.60. The van der Waals surface area contributed by atoms with Crippen LogP contribution in [0.15, 0.2) is 18.2 Å². The molecule has 0 saturated carbocycles. The van der Waals surface area contributed by atoms with Crippen molar-refractivity contribution < 1.29 is 4.79 Å². The molecule has 1 aliphatic heterocycles. The lowest BCUT2D eigenvalue weighted by molar-refractivity contribution is -0.117. The minimum Gasteiger partial charge on any atom is -0.399 e. The molecule has 1 saturated heterocycles. The van der Waals surface area contributed by atoms with E-state index in [0.717, 1.165) is 30.0 Å². The van der Waals surface area contributed by atoms with Crippen molar-refractivity contribution in [3.8, 4) is 0 Å². The Morgan fingerprint density at radius 2 is 2.00 bits per heavy atom. The number of nitrogens with two attached hydrogens (primary N) is 1. The van der Waals surface area contributed by atoms with Gasteiger partial charge in [-0.2, -0.15) is 0 Å². The molecule has 1 aromatic carbocycles. The van der Waals surface area contributed by atoms with Gasteiger partial charge in [0.2, 0.25) is 5.91 Å². The van der Waals surface area contributed by atoms with Crippen LogP contribution < -0.4 is 11.1 Å². The van der Waals surface area contributed by atoms with Crippen molar-refractivity contribution in [1.82, 2.24) is 4.90 Å². The Balaban J connectivity index is 1.91. The van der Waals surface area contributed by atoms with Gasteiger partial charge in [-0.1, -0.05) is 13.8 Å². The molecule has 104 valence electrons. The average molecular weight is 261 g/mol. The molecule has 0 bridgehead atoms. The molecule has 4 heteroatoms. The van der Waals surface area contributed by atoms with Crippen LogP contribution in [0.25, 0.3) is 0 Å². The number of benzene rings is 1. The highest BCUT2D eigenvalue weighted by atomic mass is 16.2. The van der Waals surface area contributed by atoms with Crippen LogP contribution in [0.2, 0.25) is 0 Å². The molecule has 1 amide bonds. The van der Waals surface area contributed by atoms with Crippen molar-refractivity contribution in [2.24, 2.45) is 11.8 Å². The first-order valence-corrected chi connectivity index (χ1v) is 6.84. The molecule has 3 N–H and O–H groups in total. The summed E-state index contributed by atoms with van der Waals surface area (Å²) < 4.78 is 0. The quantitative estimate of drug-likeness (QED) is 0.819. The fourth-order valence-electron chi connectivity index (χ4n) is 2.60. The minimum atomic E-state index is 0.0502. The molecule has 0 spiro atoms. The van der Waals surface area contributed by atoms with Crippen LogP contribution in [0.5, 0.6) is 0 Å². The maximum absolute atomic E-state index is 12.0. The number of hydrogen-bond donors (Lipinski definition) is 2. The number of nitrogens with zero attached hydrogens (tertiary/aromatic N) is 1. The topological polar surface area (TPSA) is 58.4 Å². The molecule has 2 atom stereocenters. The van der Waals surface area contributed by atoms with Gasteiger partial charge in [0.15, 0.2) is 0 Å². The minimum absolute atomic E-state index is 0.0502. The number of carbonyl (C=O) groups is 1. The van der Waals surface area contributed by atoms with Gasteiger partial charge in [-0.3, -0.25) is 9.69 Å². The van der Waals surface area contributed by atoms with Crippen molar-refractivity contribution >= 4 is 17.3 Å². The Bertz CT molecular complexity index is 462. The second-order valence-corrected chi connectivity index (χ2v) is 5.77. The molecule has 1 aromatic rings. The second kappa shape index (κ2) is 5.61. The second-order valence-electron chi connectivity index (χ2n) is 5.77. The Kier molecular flexibility index (Phi) is 4.10. The van der Waals surface area contributed by atoms with Gasteiger partial charge >= 0.3 is 0 Å². The first kappa shape index (κ1) is 13.9. The predicted molar refractivity (Wildman–Crippen MR) is 79.0 cm³/mol. The standard InChI is InChI=1S/C15H23N3O/c1-10-6-13(16)4-5-14(10)17-15(19)9-18-7-11(2)12(3)8-18/h4-6,11-12H,7-9,16H2,1-3H3,(H,17,19). The van der Waals surface area contributed by atoms with Gasteiger partial charge in [-0.25, -0.2) is 0 Å². The molecule has 0 radical (unpaired) electrons. The van der Waals surface area contributed by atoms with E-state index in [1.165, 1.54) is 0 Å². The largest absolute Gasteiger partial charge is 0.399 e. The van der Waals surface area contributed by atoms with Crippen molar-refractivity contribution in [3.63, 3.8) is 0 Å². The van der Waals surface area contributed by atoms with E-state index in [4.69, 9.17) is 5.73 Å². The van der Waals surface area contributed by atoms with Crippen LogP contribution in [0.3, 0.4) is 0 Å². The third kappa shape index (κ3) is 3.47. The maximum Gasteiger partial charge on any atom is 0.238 e. The van der Waals surface area contributed by atoms with Gasteiger partial charge in [0.25, 0.3) is 0 Å². The molecule has 1 aliphatic rings. The normalized spacial score (nSPS) is 23.5. The van der Waals surface area contributed by atoms with Crippen LogP contribution in [-0.2, 0) is 4.79 Å². The molecule has 0 aromatic heterocycles. The summed E-state index contributed by atoms with van der Waals surface area (Å²) in [6.07, 6.45) is 0. The van der Waals surface area contributed by atoms with Crippen LogP contribution in [-0.4, -0.2) is 30.4 Å². The highest BCUT2D eigenvalue weighted by molar-refractivity contribution is 5.93. The molecule has 19 heavy (non-hydrogen) atoms. The zero-order valence-corrected chi connectivity index (χ0v) is 11.9. The SMILES string of the molecule is Cc1cc(N)ccc1NC(=O)CN1CC(C)C(C)C1. The summed E-state index contributed by atoms with van der Waals surface area (Å²) in [4.78, 5) is 14.3. The molecule has 1 fully saturated rings. The van der Waals surface area contributed by atoms with Gasteiger partial charge < -0.3 is 11.1 Å². The highest BCUT2D eigenvalue weighted by Crippen LogP contribution is 2.22. The summed E-state index contributed by atoms with van der Waals surface area (Å²) in [6, 6.07) is 5.54. The highest BCUT2D eigenvalue weighted by Gasteiger charge is 2.27. The Hall–Kier alpha value is -1.55. The van der Waals surface area contributed by atoms with Crippen LogP contribution >= 0.6 is 0 Å². The van der Waals surface area contributed by atoms with Crippen LogP contribution in [0.4, 0.5) is 11.4 Å². The lowest BCUT2D eigenvalue weighted by Crippen LogP contribution is -2.31. The van der Waals surface area contributed by atoms with Gasteiger partial charge in [-0.15, -0.1) is 0 Å². The summed E-state index contributed by atoms with van der Waals surface area (Å²) in [7, 11) is 0. The number of anilines is 2. The lowest BCUT2D eigenvalue weighted by Gasteiger charge is -2.16. The Labute approximate surface area is 115 Å². The molecule has 0 aliphatic carbocycles. The number of likely N-dealkylation sites (tertiary alicyclic amines) is 1. The Morgan fingerprint density at radius 1 is 1.37 bits per heavy atom. The monoisotopic (exact) mass is 261 g/mol. The number of rotatable bonds is 3. The first-order valence-electron chi connectivity index (χ1n) is 6.84. The third-order valence-corrected chi connectivity index (χ3v) is 3.96. The smallest absolute Gasteiger partial charge is 0.238 e. The number of amides is 1. The Morgan fingerprint density at radius 3 is 2.58 bits per heavy atom. The van der Waals surface area contributed by atoms with E-state index in [9.17, 15) is 4.79 Å². The fraction of sp³-hybridized carbons (Fsp3) is 0.533. The van der Waals surface area contributed by atoms with Crippen LogP contribution in [0, 0.1) is 18.8 Å². The van der Waals surface area contributed by atoms with E-state index in [1.54, 1.807) is 0 Å². The number of nitrogen functional groups attached to an aromatic ring is 1. The summed E-state index contributed by atoms with van der Waals surface area (Å²) in [5.41, 5.74) is 8.26. The number of nitrogens with one attached hydrogen (secondary N) is 1. The molecular weight excluding hydrogens is 238 g/mol. The van der Waals surface area contributed by atoms with Gasteiger partial charge in [0.1, 0.15) is 0 Å². The number of hydrogen-bond acceptors (Lipinski definition) is 3. The molecular formula is C15H23N3O. The number of carbonyl (C=O) groups excluding carboxylic acids is 1. The number of aryl methyl sites for hydroxylation is 1.